The van der Waals surface area contributed by atoms with Crippen molar-refractivity contribution >= 4 is 15.5 Å². The second kappa shape index (κ2) is 5.08. The van der Waals surface area contributed by atoms with Crippen LogP contribution in [0.3, 0.4) is 0 Å². The molecule has 13 heavy (non-hydrogen) atoms. The zero-order valence-electron chi connectivity index (χ0n) is 7.10. The van der Waals surface area contributed by atoms with Gasteiger partial charge in [0.25, 0.3) is 0 Å². The van der Waals surface area contributed by atoms with Crippen molar-refractivity contribution < 1.29 is 41.1 Å². The van der Waals surface area contributed by atoms with Crippen molar-refractivity contribution in [2.45, 2.75) is 4.90 Å². The predicted molar refractivity (Wildman–Crippen MR) is 48.3 cm³/mol. The largest absolute Gasteiger partial charge is 0.399 e. The van der Waals surface area contributed by atoms with Gasteiger partial charge in [0, 0.05) is 38.4 Å². The molecular weight excluding hydrogens is 263 g/mol. The summed E-state index contributed by atoms with van der Waals surface area (Å²) in [6.07, 6.45) is 0. The maximum absolute atomic E-state index is 11.2. The van der Waals surface area contributed by atoms with Crippen molar-refractivity contribution in [3.63, 3.8) is 0 Å². The molecule has 5 heteroatoms. The van der Waals surface area contributed by atoms with E-state index in [1.165, 1.54) is 12.1 Å². The number of rotatable bonds is 2. The Kier molecular flexibility index (Phi) is 5.11. The fourth-order valence-corrected chi connectivity index (χ4v) is 1.66. The summed E-state index contributed by atoms with van der Waals surface area (Å²) in [5.74, 6) is -0.142. The molecule has 1 radical (unpaired) electrons. The minimum Gasteiger partial charge on any atom is -0.399 e. The van der Waals surface area contributed by atoms with Crippen molar-refractivity contribution in [3.05, 3.63) is 31.2 Å². The Morgan fingerprint density at radius 3 is 2.46 bits per heavy atom. The Hall–Kier alpha value is 0.0739. The topological polar surface area (TPSA) is 60.2 Å². The fraction of sp³-hybridized carbons (Fsp3) is 0.125. The molecule has 0 aromatic heterocycles. The molecule has 3 nitrogen and oxygen atoms in total. The Balaban J connectivity index is 0.00000144. The molecule has 0 spiro atoms. The van der Waals surface area contributed by atoms with Gasteiger partial charge in [-0.3, -0.25) is 0 Å². The molecule has 0 saturated carbocycles. The third kappa shape index (κ3) is 3.37. The van der Waals surface area contributed by atoms with E-state index in [1.54, 1.807) is 12.1 Å². The van der Waals surface area contributed by atoms with Gasteiger partial charge in [-0.05, 0) is 18.2 Å². The van der Waals surface area contributed by atoms with Crippen LogP contribution < -0.4 is 5.73 Å². The van der Waals surface area contributed by atoms with Gasteiger partial charge in [0.1, 0.15) is 0 Å². The summed E-state index contributed by atoms with van der Waals surface area (Å²) in [4.78, 5) is 0.234. The summed E-state index contributed by atoms with van der Waals surface area (Å²) >= 11 is 0. The van der Waals surface area contributed by atoms with E-state index in [2.05, 4.69) is 6.92 Å². The number of hydrogen-bond donors (Lipinski definition) is 1. The van der Waals surface area contributed by atoms with Crippen molar-refractivity contribution in [1.82, 2.24) is 0 Å². The molecule has 69 valence electrons. The molecule has 1 aromatic carbocycles. The minimum atomic E-state index is -3.21. The molecule has 0 atom stereocenters. The second-order valence-corrected chi connectivity index (χ2v) is 4.50. The summed E-state index contributed by atoms with van der Waals surface area (Å²) in [6, 6.07) is 6.19. The van der Waals surface area contributed by atoms with Crippen LogP contribution in [0.15, 0.2) is 29.2 Å². The van der Waals surface area contributed by atoms with E-state index in [-0.39, 0.29) is 43.4 Å². The van der Waals surface area contributed by atoms with Gasteiger partial charge < -0.3 is 12.7 Å². The standard InChI is InChI=1S/C8H10NO2S.Y/c1-2-12(10,11)8-5-3-4-7(9)6-8;/h3-6H,1-2,9H2;/q-1;. The number of anilines is 1. The maximum atomic E-state index is 11.2. The Morgan fingerprint density at radius 2 is 2.00 bits per heavy atom. The molecule has 0 bridgehead atoms. The molecule has 1 aromatic rings. The van der Waals surface area contributed by atoms with Crippen LogP contribution in [0.2, 0.25) is 0 Å². The number of sulfone groups is 1. The first kappa shape index (κ1) is 13.1. The van der Waals surface area contributed by atoms with E-state index in [0.717, 1.165) is 0 Å². The van der Waals surface area contributed by atoms with Crippen LogP contribution in [-0.4, -0.2) is 14.2 Å². The monoisotopic (exact) mass is 273 g/mol. The Morgan fingerprint density at radius 1 is 1.38 bits per heavy atom. The van der Waals surface area contributed by atoms with Crippen LogP contribution in [0, 0.1) is 6.92 Å². The average molecular weight is 273 g/mol. The molecule has 2 N–H and O–H groups in total. The predicted octanol–water partition coefficient (Wildman–Crippen LogP) is 0.874. The molecule has 0 amide bonds. The first-order valence-corrected chi connectivity index (χ1v) is 5.09. The molecule has 0 saturated heterocycles. The minimum absolute atomic E-state index is 0. The van der Waals surface area contributed by atoms with Gasteiger partial charge in [-0.2, -0.15) is 0 Å². The van der Waals surface area contributed by atoms with Crippen LogP contribution >= 0.6 is 0 Å². The van der Waals surface area contributed by atoms with Crippen molar-refractivity contribution in [2.24, 2.45) is 0 Å². The first-order chi connectivity index (χ1) is 5.56. The third-order valence-corrected chi connectivity index (χ3v) is 3.00. The molecular formula is C8H10NO2SY-. The van der Waals surface area contributed by atoms with Gasteiger partial charge >= 0.3 is 0 Å². The number of hydrogen-bond acceptors (Lipinski definition) is 3. The second-order valence-electron chi connectivity index (χ2n) is 2.39. The van der Waals surface area contributed by atoms with Gasteiger partial charge in [-0.15, -0.1) is 0 Å². The summed E-state index contributed by atoms with van der Waals surface area (Å²) in [5.41, 5.74) is 5.87. The molecule has 0 unspecified atom stereocenters. The van der Waals surface area contributed by atoms with E-state index in [1.807, 2.05) is 0 Å². The first-order valence-electron chi connectivity index (χ1n) is 3.44. The Labute approximate surface area is 104 Å². The molecule has 0 aliphatic heterocycles. The average Bonchev–Trinajstić information content (AvgIpc) is 2.05. The van der Waals surface area contributed by atoms with Crippen LogP contribution in [0.5, 0.6) is 0 Å². The summed E-state index contributed by atoms with van der Waals surface area (Å²) in [7, 11) is -3.21. The molecule has 0 aliphatic rings. The smallest absolute Gasteiger partial charge is 0.150 e. The van der Waals surface area contributed by atoms with Gasteiger partial charge in [0.2, 0.25) is 0 Å². The van der Waals surface area contributed by atoms with Crippen LogP contribution in [0.25, 0.3) is 0 Å². The van der Waals surface area contributed by atoms with Gasteiger partial charge in [-0.25, -0.2) is 8.42 Å². The van der Waals surface area contributed by atoms with Crippen molar-refractivity contribution in [1.29, 1.82) is 0 Å². The van der Waals surface area contributed by atoms with E-state index in [0.29, 0.717) is 5.69 Å². The van der Waals surface area contributed by atoms with Gasteiger partial charge in [0.05, 0.1) is 4.90 Å². The van der Waals surface area contributed by atoms with Gasteiger partial charge in [-0.1, -0.05) is 11.8 Å². The normalized spacial score (nSPS) is 10.5. The van der Waals surface area contributed by atoms with Gasteiger partial charge in [0.15, 0.2) is 9.84 Å². The van der Waals surface area contributed by atoms with Crippen LogP contribution in [0.1, 0.15) is 0 Å². The summed E-state index contributed by atoms with van der Waals surface area (Å²) in [6.45, 7) is 3.33. The van der Waals surface area contributed by atoms with E-state index < -0.39 is 9.84 Å². The quantitative estimate of drug-likeness (QED) is 0.642. The number of nitrogen functional groups attached to an aromatic ring is 1. The van der Waals surface area contributed by atoms with Crippen LogP contribution in [0.4, 0.5) is 5.69 Å². The van der Waals surface area contributed by atoms with E-state index in [9.17, 15) is 8.42 Å². The molecule has 0 heterocycles. The molecule has 0 aliphatic carbocycles. The summed E-state index contributed by atoms with van der Waals surface area (Å²) < 4.78 is 22.5. The number of nitrogens with two attached hydrogens (primary N) is 1. The van der Waals surface area contributed by atoms with Crippen molar-refractivity contribution in [3.8, 4) is 0 Å². The Bertz CT molecular complexity index is 375. The molecule has 0 fully saturated rings. The SMILES string of the molecule is [CH2-]CS(=O)(=O)c1cccc(N)c1.[Y]. The number of benzene rings is 1. The summed E-state index contributed by atoms with van der Waals surface area (Å²) in [5, 5.41) is 0. The van der Waals surface area contributed by atoms with E-state index >= 15 is 0 Å². The fourth-order valence-electron chi connectivity index (χ4n) is 0.826. The zero-order valence-corrected chi connectivity index (χ0v) is 10.8. The van der Waals surface area contributed by atoms with E-state index in [4.69, 9.17) is 5.73 Å². The third-order valence-electron chi connectivity index (χ3n) is 1.49. The maximum Gasteiger partial charge on any atom is 0.150 e. The van der Waals surface area contributed by atoms with Crippen LogP contribution in [-0.2, 0) is 42.5 Å². The zero-order chi connectivity index (χ0) is 9.19. The van der Waals surface area contributed by atoms with Crippen molar-refractivity contribution in [2.75, 3.05) is 11.5 Å². The molecule has 1 rings (SSSR count).